The van der Waals surface area contributed by atoms with E-state index in [0.29, 0.717) is 0 Å². The summed E-state index contributed by atoms with van der Waals surface area (Å²) in [6, 6.07) is 45.6. The summed E-state index contributed by atoms with van der Waals surface area (Å²) in [4.78, 5) is 8.76. The van der Waals surface area contributed by atoms with Crippen molar-refractivity contribution in [2.24, 2.45) is 0 Å². The van der Waals surface area contributed by atoms with Crippen molar-refractivity contribution in [3.8, 4) is 45.0 Å². The van der Waals surface area contributed by atoms with E-state index >= 15 is 0 Å². The Labute approximate surface area is 285 Å². The van der Waals surface area contributed by atoms with Gasteiger partial charge in [0.2, 0.25) is 0 Å². The Bertz CT molecular complexity index is 2020. The number of fused-ring (bicyclic) bond motifs is 1. The largest absolute Gasteiger partial charge is 0.456 e. The second-order valence-electron chi connectivity index (χ2n) is 12.3. The van der Waals surface area contributed by atoms with Crippen LogP contribution in [0.3, 0.4) is 0 Å². The molecule has 3 aromatic heterocycles. The molecule has 4 heteroatoms. The molecular formula is C42H36IrN2O-2. The quantitative estimate of drug-likeness (QED) is 0.167. The first kappa shape index (κ1) is 32.8. The molecule has 4 aromatic carbocycles. The van der Waals surface area contributed by atoms with E-state index in [9.17, 15) is 0 Å². The van der Waals surface area contributed by atoms with Crippen LogP contribution in [0.25, 0.3) is 55.9 Å². The van der Waals surface area contributed by atoms with Gasteiger partial charge in [-0.05, 0) is 66.5 Å². The summed E-state index contributed by atoms with van der Waals surface area (Å²) in [5.74, 6) is 0.962. The molecule has 0 aliphatic carbocycles. The number of nitrogens with zero attached hydrogens (tertiary/aromatic N) is 2. The zero-order valence-electron chi connectivity index (χ0n) is 26.8. The number of benzene rings is 4. The number of furan rings is 1. The number of rotatable bonds is 4. The van der Waals surface area contributed by atoms with Crippen LogP contribution in [0.4, 0.5) is 0 Å². The molecule has 0 aliphatic rings. The predicted octanol–water partition coefficient (Wildman–Crippen LogP) is 11.1. The Morgan fingerprint density at radius 2 is 1.35 bits per heavy atom. The van der Waals surface area contributed by atoms with Crippen LogP contribution in [-0.2, 0) is 25.5 Å². The van der Waals surface area contributed by atoms with E-state index in [2.05, 4.69) is 117 Å². The Hall–Kier alpha value is -4.63. The predicted molar refractivity (Wildman–Crippen MR) is 186 cm³/mol. The molecule has 1 radical (unpaired) electrons. The van der Waals surface area contributed by atoms with Gasteiger partial charge in [0.25, 0.3) is 0 Å². The van der Waals surface area contributed by atoms with Gasteiger partial charge < -0.3 is 14.4 Å². The van der Waals surface area contributed by atoms with Crippen LogP contribution in [-0.4, -0.2) is 9.97 Å². The molecule has 0 unspecified atom stereocenters. The maximum atomic E-state index is 6.45. The van der Waals surface area contributed by atoms with E-state index in [1.165, 1.54) is 22.1 Å². The maximum Gasteiger partial charge on any atom is 0.139 e. The molecule has 0 aliphatic heterocycles. The summed E-state index contributed by atoms with van der Waals surface area (Å²) in [5, 5.41) is 1.17. The van der Waals surface area contributed by atoms with Crippen LogP contribution in [0.5, 0.6) is 0 Å². The van der Waals surface area contributed by atoms with Crippen LogP contribution < -0.4 is 0 Å². The smallest absolute Gasteiger partial charge is 0.139 e. The zero-order chi connectivity index (χ0) is 31.4. The average Bonchev–Trinajstić information content (AvgIpc) is 3.46. The van der Waals surface area contributed by atoms with Crippen LogP contribution in [0.1, 0.15) is 37.5 Å². The molecule has 46 heavy (non-hydrogen) atoms. The molecular weight excluding hydrogens is 741 g/mol. The second kappa shape index (κ2) is 14.2. The SMILES string of the molecule is Cc1cccc(-c2oc3ccc(-c4cc[c-]c(-c5cc(C)ccn5)c4)cc3c2C(C)(C)C)c1.[Ir].[c-]1ccccc1-c1ccccn1. The molecule has 0 spiro atoms. The minimum Gasteiger partial charge on any atom is -0.456 e. The van der Waals surface area contributed by atoms with Crippen LogP contribution in [0, 0.1) is 26.0 Å². The first-order valence-corrected chi connectivity index (χ1v) is 15.2. The van der Waals surface area contributed by atoms with Crippen molar-refractivity contribution in [3.05, 3.63) is 156 Å². The third kappa shape index (κ3) is 7.42. The standard InChI is InChI=1S/C31H28NO.C11H8N.Ir/c1-20-8-6-11-25(16-20)30-29(31(3,4)5)26-19-23(12-13-28(26)33-30)22-9-7-10-24(18-22)27-17-21(2)14-15-32-27;1-2-6-10(7-3-1)11-8-4-5-9-12-11;/h6-9,11-19H,1-5H3;1-6,8-9H;/q2*-1;. The first-order chi connectivity index (χ1) is 21.8. The number of aromatic nitrogens is 2. The van der Waals surface area contributed by atoms with Gasteiger partial charge in [0, 0.05) is 49.0 Å². The Kier molecular flexibility index (Phi) is 10.1. The molecule has 0 fully saturated rings. The monoisotopic (exact) mass is 777 g/mol. The van der Waals surface area contributed by atoms with E-state index in [4.69, 9.17) is 4.42 Å². The number of pyridine rings is 2. The Balaban J connectivity index is 0.000000269. The van der Waals surface area contributed by atoms with Crippen molar-refractivity contribution in [1.82, 2.24) is 9.97 Å². The van der Waals surface area contributed by atoms with Gasteiger partial charge >= 0.3 is 0 Å². The molecule has 7 rings (SSSR count). The fraction of sp³-hybridized carbons (Fsp3) is 0.143. The van der Waals surface area contributed by atoms with E-state index < -0.39 is 0 Å². The van der Waals surface area contributed by atoms with Gasteiger partial charge in [0.15, 0.2) is 0 Å². The summed E-state index contributed by atoms with van der Waals surface area (Å²) in [6.45, 7) is 11.0. The minimum absolute atomic E-state index is 0. The van der Waals surface area contributed by atoms with E-state index in [1.807, 2.05) is 60.8 Å². The van der Waals surface area contributed by atoms with Gasteiger partial charge in [-0.15, -0.1) is 71.3 Å². The van der Waals surface area contributed by atoms with Crippen molar-refractivity contribution in [1.29, 1.82) is 0 Å². The molecule has 0 amide bonds. The fourth-order valence-electron chi connectivity index (χ4n) is 5.56. The zero-order valence-corrected chi connectivity index (χ0v) is 29.2. The molecule has 0 bridgehead atoms. The van der Waals surface area contributed by atoms with Crippen LogP contribution >= 0.6 is 0 Å². The third-order valence-corrected chi connectivity index (χ3v) is 7.69. The van der Waals surface area contributed by atoms with Gasteiger partial charge in [-0.3, -0.25) is 0 Å². The minimum atomic E-state index is -0.0654. The maximum absolute atomic E-state index is 6.45. The van der Waals surface area contributed by atoms with Crippen molar-refractivity contribution in [3.63, 3.8) is 0 Å². The van der Waals surface area contributed by atoms with Crippen LogP contribution in [0.15, 0.2) is 132 Å². The van der Waals surface area contributed by atoms with E-state index in [1.54, 1.807) is 6.20 Å². The summed E-state index contributed by atoms with van der Waals surface area (Å²) in [5.41, 5.74) is 11.9. The number of aryl methyl sites for hydroxylation is 2. The third-order valence-electron chi connectivity index (χ3n) is 7.69. The van der Waals surface area contributed by atoms with Crippen molar-refractivity contribution in [2.75, 3.05) is 0 Å². The first-order valence-electron chi connectivity index (χ1n) is 15.2. The number of hydrogen-bond donors (Lipinski definition) is 0. The molecule has 3 nitrogen and oxygen atoms in total. The summed E-state index contributed by atoms with van der Waals surface area (Å²) >= 11 is 0. The molecule has 0 saturated carbocycles. The van der Waals surface area contributed by atoms with Gasteiger partial charge in [0.05, 0.1) is 0 Å². The van der Waals surface area contributed by atoms with Gasteiger partial charge in [-0.2, -0.15) is 0 Å². The molecule has 0 saturated heterocycles. The fourth-order valence-corrected chi connectivity index (χ4v) is 5.56. The van der Waals surface area contributed by atoms with Crippen molar-refractivity contribution in [2.45, 2.75) is 40.0 Å². The summed E-state index contributed by atoms with van der Waals surface area (Å²) in [7, 11) is 0. The summed E-state index contributed by atoms with van der Waals surface area (Å²) in [6.07, 6.45) is 3.64. The van der Waals surface area contributed by atoms with Gasteiger partial charge in [0.1, 0.15) is 11.3 Å². The van der Waals surface area contributed by atoms with Crippen molar-refractivity contribution < 1.29 is 24.5 Å². The topological polar surface area (TPSA) is 38.9 Å². The van der Waals surface area contributed by atoms with Crippen LogP contribution in [0.2, 0.25) is 0 Å². The molecule has 0 atom stereocenters. The van der Waals surface area contributed by atoms with Crippen molar-refractivity contribution >= 4 is 11.0 Å². The van der Waals surface area contributed by atoms with Gasteiger partial charge in [-0.25, -0.2) is 0 Å². The molecule has 231 valence electrons. The normalized spacial score (nSPS) is 11.0. The Morgan fingerprint density at radius 3 is 2.07 bits per heavy atom. The van der Waals surface area contributed by atoms with E-state index in [-0.39, 0.29) is 25.5 Å². The molecule has 0 N–H and O–H groups in total. The van der Waals surface area contributed by atoms with E-state index in [0.717, 1.165) is 50.5 Å². The molecule has 3 heterocycles. The number of hydrogen-bond acceptors (Lipinski definition) is 3. The second-order valence-corrected chi connectivity index (χ2v) is 12.3. The summed E-state index contributed by atoms with van der Waals surface area (Å²) < 4.78 is 6.45. The Morgan fingerprint density at radius 1 is 0.587 bits per heavy atom. The average molecular weight is 777 g/mol. The molecule has 7 aromatic rings. The van der Waals surface area contributed by atoms with Gasteiger partial charge in [-0.1, -0.05) is 74.4 Å².